The number of ether oxygens (including phenoxy) is 1. The summed E-state index contributed by atoms with van der Waals surface area (Å²) in [5.41, 5.74) is -0.738. The van der Waals surface area contributed by atoms with Gasteiger partial charge >= 0.3 is 6.09 Å². The molecule has 1 amide bonds. The number of rotatable bonds is 1. The third-order valence-corrected chi connectivity index (χ3v) is 6.35. The molecule has 3 aliphatic heterocycles. The number of hydrogen-bond acceptors (Lipinski definition) is 4. The lowest BCUT2D eigenvalue weighted by Gasteiger charge is -2.38. The topological polar surface area (TPSA) is 66.3 Å². The molecular formula is C21H29ClN4O2. The third kappa shape index (κ3) is 3.71. The summed E-state index contributed by atoms with van der Waals surface area (Å²) in [4.78, 5) is 23.8. The Morgan fingerprint density at radius 3 is 2.68 bits per heavy atom. The van der Waals surface area contributed by atoms with Crippen LogP contribution in [0.4, 0.5) is 4.79 Å². The van der Waals surface area contributed by atoms with Gasteiger partial charge in [-0.1, -0.05) is 17.7 Å². The van der Waals surface area contributed by atoms with E-state index in [0.717, 1.165) is 31.8 Å². The van der Waals surface area contributed by atoms with E-state index in [2.05, 4.69) is 23.3 Å². The Morgan fingerprint density at radius 2 is 2.04 bits per heavy atom. The van der Waals surface area contributed by atoms with Gasteiger partial charge in [-0.3, -0.25) is 9.98 Å². The number of dihydropyridines is 1. The lowest BCUT2D eigenvalue weighted by molar-refractivity contribution is 0.0279. The molecule has 3 heterocycles. The summed E-state index contributed by atoms with van der Waals surface area (Å²) in [5, 5.41) is 3.85. The summed E-state index contributed by atoms with van der Waals surface area (Å²) in [6.07, 6.45) is 9.67. The van der Waals surface area contributed by atoms with Gasteiger partial charge in [0.1, 0.15) is 16.6 Å². The van der Waals surface area contributed by atoms with Crippen molar-refractivity contribution in [1.29, 1.82) is 0 Å². The predicted molar refractivity (Wildman–Crippen MR) is 112 cm³/mol. The van der Waals surface area contributed by atoms with E-state index in [1.54, 1.807) is 0 Å². The lowest BCUT2D eigenvalue weighted by atomic mass is 9.77. The van der Waals surface area contributed by atoms with Crippen LogP contribution in [0.1, 0.15) is 40.5 Å². The van der Waals surface area contributed by atoms with Gasteiger partial charge in [0.2, 0.25) is 0 Å². The minimum Gasteiger partial charge on any atom is -0.444 e. The number of carbonyl (C=O) groups excluding carboxylic acids is 1. The number of amides is 1. The zero-order valence-electron chi connectivity index (χ0n) is 17.0. The van der Waals surface area contributed by atoms with Gasteiger partial charge in [0.15, 0.2) is 0 Å². The van der Waals surface area contributed by atoms with Crippen molar-refractivity contribution < 1.29 is 9.53 Å². The van der Waals surface area contributed by atoms with Crippen molar-refractivity contribution in [2.45, 2.75) is 58.2 Å². The molecule has 4 rings (SSSR count). The van der Waals surface area contributed by atoms with E-state index in [0.29, 0.717) is 17.0 Å². The van der Waals surface area contributed by atoms with Crippen molar-refractivity contribution in [3.05, 3.63) is 23.4 Å². The third-order valence-electron chi connectivity index (χ3n) is 6.13. The van der Waals surface area contributed by atoms with Crippen LogP contribution in [0.5, 0.6) is 0 Å². The maximum atomic E-state index is 12.4. The molecular weight excluding hydrogens is 376 g/mol. The van der Waals surface area contributed by atoms with E-state index in [1.807, 2.05) is 44.0 Å². The van der Waals surface area contributed by atoms with Crippen LogP contribution in [0.15, 0.2) is 33.4 Å². The number of nitrogens with one attached hydrogen (secondary N) is 1. The number of hydrogen-bond donors (Lipinski definition) is 1. The van der Waals surface area contributed by atoms with Gasteiger partial charge < -0.3 is 15.0 Å². The van der Waals surface area contributed by atoms with Crippen LogP contribution in [0.25, 0.3) is 0 Å². The summed E-state index contributed by atoms with van der Waals surface area (Å²) in [7, 11) is 0. The number of fused-ring (bicyclic) bond motifs is 2. The van der Waals surface area contributed by atoms with Gasteiger partial charge in [0.25, 0.3) is 0 Å². The highest BCUT2D eigenvalue weighted by Crippen LogP contribution is 2.41. The van der Waals surface area contributed by atoms with Crippen LogP contribution >= 0.6 is 11.6 Å². The molecule has 0 aromatic heterocycles. The minimum atomic E-state index is -0.454. The van der Waals surface area contributed by atoms with Crippen molar-refractivity contribution >= 4 is 29.7 Å². The van der Waals surface area contributed by atoms with Gasteiger partial charge in [-0.2, -0.15) is 0 Å². The van der Waals surface area contributed by atoms with Crippen LogP contribution in [0.2, 0.25) is 0 Å². The quantitative estimate of drug-likeness (QED) is 0.677. The first-order valence-corrected chi connectivity index (χ1v) is 10.4. The van der Waals surface area contributed by atoms with Crippen LogP contribution < -0.4 is 5.32 Å². The summed E-state index contributed by atoms with van der Waals surface area (Å²) < 4.78 is 5.53. The Bertz CT molecular complexity index is 768. The summed E-state index contributed by atoms with van der Waals surface area (Å²) in [6, 6.07) is 0.228. The van der Waals surface area contributed by atoms with Crippen molar-refractivity contribution in [3.8, 4) is 0 Å². The molecule has 152 valence electrons. The van der Waals surface area contributed by atoms with E-state index < -0.39 is 5.60 Å². The average Bonchev–Trinajstić information content (AvgIpc) is 3.13. The number of carbonyl (C=O) groups is 1. The normalized spacial score (nSPS) is 38.1. The van der Waals surface area contributed by atoms with E-state index in [9.17, 15) is 4.79 Å². The van der Waals surface area contributed by atoms with Crippen molar-refractivity contribution in [1.82, 2.24) is 10.2 Å². The van der Waals surface area contributed by atoms with Gasteiger partial charge in [0, 0.05) is 19.3 Å². The number of halogens is 1. The second-order valence-electron chi connectivity index (χ2n) is 9.53. The van der Waals surface area contributed by atoms with Crippen LogP contribution in [0, 0.1) is 17.3 Å². The molecule has 4 aliphatic rings. The highest BCUT2D eigenvalue weighted by molar-refractivity contribution is 6.31. The molecule has 1 saturated heterocycles. The largest absolute Gasteiger partial charge is 0.444 e. The molecule has 0 bridgehead atoms. The molecule has 28 heavy (non-hydrogen) atoms. The zero-order chi connectivity index (χ0) is 20.1. The second kappa shape index (κ2) is 6.90. The molecule has 3 unspecified atom stereocenters. The lowest BCUT2D eigenvalue weighted by Crippen LogP contribution is -2.48. The number of likely N-dealkylation sites (tertiary alicyclic amines) is 1. The molecule has 1 N–H and O–H groups in total. The van der Waals surface area contributed by atoms with Crippen molar-refractivity contribution in [2.75, 3.05) is 13.1 Å². The van der Waals surface area contributed by atoms with E-state index in [-0.39, 0.29) is 23.6 Å². The van der Waals surface area contributed by atoms with Crippen LogP contribution in [-0.4, -0.2) is 53.8 Å². The number of allylic oxidation sites excluding steroid dienone is 1. The Kier molecular flexibility index (Phi) is 4.81. The van der Waals surface area contributed by atoms with E-state index >= 15 is 0 Å². The monoisotopic (exact) mass is 404 g/mol. The highest BCUT2D eigenvalue weighted by atomic mass is 35.5. The summed E-state index contributed by atoms with van der Waals surface area (Å²) in [6.45, 7) is 9.39. The average molecular weight is 405 g/mol. The molecule has 0 radical (unpaired) electrons. The van der Waals surface area contributed by atoms with Gasteiger partial charge in [0.05, 0.1) is 17.5 Å². The Morgan fingerprint density at radius 1 is 1.36 bits per heavy atom. The van der Waals surface area contributed by atoms with E-state index in [4.69, 9.17) is 21.3 Å². The first-order valence-electron chi connectivity index (χ1n) is 10.1. The summed E-state index contributed by atoms with van der Waals surface area (Å²) >= 11 is 6.29. The molecule has 7 heteroatoms. The van der Waals surface area contributed by atoms with Gasteiger partial charge in [-0.15, -0.1) is 0 Å². The van der Waals surface area contributed by atoms with Gasteiger partial charge in [-0.25, -0.2) is 4.79 Å². The predicted octanol–water partition coefficient (Wildman–Crippen LogP) is 3.73. The fourth-order valence-electron chi connectivity index (χ4n) is 4.70. The number of amidine groups is 1. The van der Waals surface area contributed by atoms with E-state index in [1.165, 1.54) is 0 Å². The smallest absolute Gasteiger partial charge is 0.410 e. The molecule has 1 saturated carbocycles. The van der Waals surface area contributed by atoms with Crippen LogP contribution in [-0.2, 0) is 4.74 Å². The fraction of sp³-hybridized carbons (Fsp3) is 0.667. The van der Waals surface area contributed by atoms with Gasteiger partial charge in [-0.05, 0) is 64.5 Å². The van der Waals surface area contributed by atoms with Crippen molar-refractivity contribution in [3.63, 3.8) is 0 Å². The Labute approximate surface area is 171 Å². The van der Waals surface area contributed by atoms with Crippen LogP contribution in [0.3, 0.4) is 0 Å². The minimum absolute atomic E-state index is 0.0198. The molecule has 2 fully saturated rings. The molecule has 0 aromatic carbocycles. The molecule has 0 aromatic rings. The molecule has 0 spiro atoms. The first kappa shape index (κ1) is 19.5. The first-order chi connectivity index (χ1) is 13.1. The zero-order valence-corrected chi connectivity index (χ0v) is 17.7. The Hall–Kier alpha value is -1.82. The highest BCUT2D eigenvalue weighted by Gasteiger charge is 2.45. The molecule has 6 nitrogen and oxygen atoms in total. The summed E-state index contributed by atoms with van der Waals surface area (Å²) in [5.74, 6) is 1.87. The van der Waals surface area contributed by atoms with Crippen molar-refractivity contribution in [2.24, 2.45) is 27.2 Å². The number of nitrogens with zero attached hydrogens (tertiary/aromatic N) is 3. The second-order valence-corrected chi connectivity index (χ2v) is 9.94. The molecule has 1 aliphatic carbocycles. The fourth-order valence-corrected chi connectivity index (χ4v) is 4.91. The Balaban J connectivity index is 1.43. The number of aliphatic imine (C=N–C) groups is 2. The maximum absolute atomic E-state index is 12.4. The molecule has 5 atom stereocenters. The maximum Gasteiger partial charge on any atom is 0.410 e. The SMILES string of the molecule is CC(C)(C)OC(=O)N1C[C@H]2CC(N=C3NC(Cl)=CC4N=CC=CC34C)C[C@H]2C1. The standard InChI is InChI=1S/C21H29ClN4O2/c1-20(2,3)28-19(27)26-11-13-8-15(9-14(13)12-26)24-18-21(4)6-5-7-23-16(21)10-17(22)25-18/h5-7,10,13-16H,8-9,11-12H2,1-4H3,(H,24,25)/t13-,14+,15?,16?,21?.